The molecule has 0 atom stereocenters. The molecule has 0 N–H and O–H groups in total. The summed E-state index contributed by atoms with van der Waals surface area (Å²) in [6, 6.07) is 4.95. The summed E-state index contributed by atoms with van der Waals surface area (Å²) >= 11 is 1.56. The average Bonchev–Trinajstić information content (AvgIpc) is 3.24. The summed E-state index contributed by atoms with van der Waals surface area (Å²) in [5.41, 5.74) is 2.05. The summed E-state index contributed by atoms with van der Waals surface area (Å²) in [6.07, 6.45) is 5.03. The Hall–Kier alpha value is -2.67. The van der Waals surface area contributed by atoms with E-state index in [9.17, 15) is 4.39 Å². The molecule has 0 spiro atoms. The molecule has 0 unspecified atom stereocenters. The highest BCUT2D eigenvalue weighted by molar-refractivity contribution is 7.13. The van der Waals surface area contributed by atoms with Gasteiger partial charge in [0.05, 0.1) is 0 Å². The van der Waals surface area contributed by atoms with E-state index < -0.39 is 0 Å². The predicted octanol–water partition coefficient (Wildman–Crippen LogP) is 3.72. The minimum Gasteiger partial charge on any atom is -0.337 e. The second-order valence-electron chi connectivity index (χ2n) is 5.85. The Labute approximate surface area is 148 Å². The third-order valence-corrected chi connectivity index (χ3v) is 4.91. The smallest absolute Gasteiger partial charge is 0.149 e. The monoisotopic (exact) mass is 353 g/mol. The summed E-state index contributed by atoms with van der Waals surface area (Å²) in [5.74, 6) is 1.25. The Morgan fingerprint density at radius 3 is 2.84 bits per heavy atom. The molecule has 0 fully saturated rings. The highest BCUT2D eigenvalue weighted by Crippen LogP contribution is 2.22. The molecule has 4 aromatic rings. The SMILES string of the molecule is Cc1nc(CCc2nc(-c3nccs3)cn2C)nc2c(F)cccc12. The molecule has 25 heavy (non-hydrogen) atoms. The number of hydrogen-bond acceptors (Lipinski definition) is 5. The van der Waals surface area contributed by atoms with E-state index in [0.717, 1.165) is 27.6 Å². The number of hydrogen-bond donors (Lipinski definition) is 0. The number of aryl methyl sites for hydroxylation is 4. The van der Waals surface area contributed by atoms with Crippen LogP contribution in [-0.4, -0.2) is 24.5 Å². The van der Waals surface area contributed by atoms with Gasteiger partial charge in [-0.25, -0.2) is 24.3 Å². The lowest BCUT2D eigenvalue weighted by atomic mass is 10.1. The van der Waals surface area contributed by atoms with E-state index in [1.54, 1.807) is 23.6 Å². The lowest BCUT2D eigenvalue weighted by molar-refractivity contribution is 0.634. The van der Waals surface area contributed by atoms with Crippen molar-refractivity contribution < 1.29 is 4.39 Å². The van der Waals surface area contributed by atoms with Gasteiger partial charge in [-0.05, 0) is 13.0 Å². The van der Waals surface area contributed by atoms with Gasteiger partial charge in [0.25, 0.3) is 0 Å². The number of rotatable bonds is 4. The standard InChI is InChI=1S/C18H16FN5S/c1-11-12-4-3-5-13(19)17(12)23-15(21-11)6-7-16-22-14(10-24(16)2)18-20-8-9-25-18/h3-5,8-10H,6-7H2,1-2H3. The highest BCUT2D eigenvalue weighted by Gasteiger charge is 2.12. The van der Waals surface area contributed by atoms with Gasteiger partial charge in [-0.15, -0.1) is 11.3 Å². The number of aromatic nitrogens is 5. The molecule has 1 aromatic carbocycles. The first kappa shape index (κ1) is 15.8. The maximum Gasteiger partial charge on any atom is 0.149 e. The van der Waals surface area contributed by atoms with Gasteiger partial charge in [-0.2, -0.15) is 0 Å². The van der Waals surface area contributed by atoms with Crippen LogP contribution in [0, 0.1) is 12.7 Å². The lowest BCUT2D eigenvalue weighted by Gasteiger charge is -2.06. The first-order valence-electron chi connectivity index (χ1n) is 7.95. The topological polar surface area (TPSA) is 56.5 Å². The molecular formula is C18H16FN5S. The van der Waals surface area contributed by atoms with Gasteiger partial charge in [0.15, 0.2) is 0 Å². The Morgan fingerprint density at radius 1 is 1.16 bits per heavy atom. The number of thiazole rings is 1. The first-order chi connectivity index (χ1) is 12.1. The first-order valence-corrected chi connectivity index (χ1v) is 8.83. The zero-order valence-corrected chi connectivity index (χ0v) is 14.7. The molecule has 3 heterocycles. The van der Waals surface area contributed by atoms with Crippen molar-refractivity contribution >= 4 is 22.2 Å². The number of imidazole rings is 1. The van der Waals surface area contributed by atoms with Crippen LogP contribution in [0.15, 0.2) is 36.0 Å². The van der Waals surface area contributed by atoms with Crippen LogP contribution in [0.3, 0.4) is 0 Å². The third kappa shape index (κ3) is 3.02. The Morgan fingerprint density at radius 2 is 2.04 bits per heavy atom. The fourth-order valence-electron chi connectivity index (χ4n) is 2.85. The molecule has 3 aromatic heterocycles. The minimum atomic E-state index is -0.313. The molecule has 0 bridgehead atoms. The molecule has 0 amide bonds. The Bertz CT molecular complexity index is 1040. The van der Waals surface area contributed by atoms with Gasteiger partial charge in [0.1, 0.15) is 33.7 Å². The van der Waals surface area contributed by atoms with E-state index >= 15 is 0 Å². The second-order valence-corrected chi connectivity index (χ2v) is 6.75. The molecule has 0 saturated carbocycles. The number of nitrogens with zero attached hydrogens (tertiary/aromatic N) is 5. The van der Waals surface area contributed by atoms with Gasteiger partial charge in [-0.3, -0.25) is 0 Å². The van der Waals surface area contributed by atoms with Crippen LogP contribution < -0.4 is 0 Å². The van der Waals surface area contributed by atoms with Crippen molar-refractivity contribution in [2.45, 2.75) is 19.8 Å². The van der Waals surface area contributed by atoms with Crippen molar-refractivity contribution in [2.24, 2.45) is 7.05 Å². The summed E-state index contributed by atoms with van der Waals surface area (Å²) in [6.45, 7) is 1.88. The van der Waals surface area contributed by atoms with Crippen molar-refractivity contribution in [3.8, 4) is 10.7 Å². The van der Waals surface area contributed by atoms with Crippen LogP contribution in [0.1, 0.15) is 17.3 Å². The van der Waals surface area contributed by atoms with Crippen LogP contribution in [-0.2, 0) is 19.9 Å². The fourth-order valence-corrected chi connectivity index (χ4v) is 3.45. The maximum absolute atomic E-state index is 14.0. The van der Waals surface area contributed by atoms with E-state index in [4.69, 9.17) is 0 Å². The van der Waals surface area contributed by atoms with Crippen LogP contribution in [0.2, 0.25) is 0 Å². The lowest BCUT2D eigenvalue weighted by Crippen LogP contribution is -2.05. The maximum atomic E-state index is 14.0. The van der Waals surface area contributed by atoms with Gasteiger partial charge < -0.3 is 4.57 Å². The number of halogens is 1. The summed E-state index contributed by atoms with van der Waals surface area (Å²) in [7, 11) is 1.96. The summed E-state index contributed by atoms with van der Waals surface area (Å²) in [5, 5.41) is 3.60. The minimum absolute atomic E-state index is 0.313. The van der Waals surface area contributed by atoms with Gasteiger partial charge in [-0.1, -0.05) is 12.1 Å². The molecule has 5 nitrogen and oxygen atoms in total. The van der Waals surface area contributed by atoms with Gasteiger partial charge in [0, 0.05) is 48.7 Å². The molecule has 0 saturated heterocycles. The van der Waals surface area contributed by atoms with Crippen LogP contribution in [0.25, 0.3) is 21.6 Å². The molecule has 126 valence electrons. The second kappa shape index (κ2) is 6.33. The molecule has 7 heteroatoms. The Balaban J connectivity index is 1.60. The van der Waals surface area contributed by atoms with Gasteiger partial charge >= 0.3 is 0 Å². The quantitative estimate of drug-likeness (QED) is 0.561. The van der Waals surface area contributed by atoms with Crippen molar-refractivity contribution in [3.05, 3.63) is 59.1 Å². The number of benzene rings is 1. The summed E-state index contributed by atoms with van der Waals surface area (Å²) in [4.78, 5) is 17.9. The zero-order valence-electron chi connectivity index (χ0n) is 13.9. The predicted molar refractivity (Wildman–Crippen MR) is 96.0 cm³/mol. The van der Waals surface area contributed by atoms with E-state index in [1.807, 2.05) is 36.2 Å². The largest absolute Gasteiger partial charge is 0.337 e. The average molecular weight is 353 g/mol. The molecule has 0 aliphatic heterocycles. The van der Waals surface area contributed by atoms with Gasteiger partial charge in [0.2, 0.25) is 0 Å². The van der Waals surface area contributed by atoms with E-state index in [-0.39, 0.29) is 5.82 Å². The van der Waals surface area contributed by atoms with Crippen molar-refractivity contribution in [3.63, 3.8) is 0 Å². The number of para-hydroxylation sites is 1. The molecular weight excluding hydrogens is 337 g/mol. The van der Waals surface area contributed by atoms with E-state index in [0.29, 0.717) is 24.2 Å². The number of fused-ring (bicyclic) bond motifs is 1. The molecule has 0 radical (unpaired) electrons. The van der Waals surface area contributed by atoms with Crippen LogP contribution >= 0.6 is 11.3 Å². The molecule has 0 aliphatic rings. The van der Waals surface area contributed by atoms with Crippen molar-refractivity contribution in [2.75, 3.05) is 0 Å². The molecule has 0 aliphatic carbocycles. The van der Waals surface area contributed by atoms with Crippen molar-refractivity contribution in [1.82, 2.24) is 24.5 Å². The normalized spacial score (nSPS) is 11.3. The zero-order chi connectivity index (χ0) is 17.4. The highest BCUT2D eigenvalue weighted by atomic mass is 32.1. The third-order valence-electron chi connectivity index (χ3n) is 4.11. The van der Waals surface area contributed by atoms with E-state index in [1.165, 1.54) is 6.07 Å². The van der Waals surface area contributed by atoms with Crippen LogP contribution in [0.5, 0.6) is 0 Å². The fraction of sp³-hybridized carbons (Fsp3) is 0.222. The van der Waals surface area contributed by atoms with Crippen molar-refractivity contribution in [1.29, 1.82) is 0 Å². The molecule has 4 rings (SSSR count). The van der Waals surface area contributed by atoms with Crippen LogP contribution in [0.4, 0.5) is 4.39 Å². The Kier molecular flexibility index (Phi) is 4.01. The van der Waals surface area contributed by atoms with E-state index in [2.05, 4.69) is 19.9 Å². The summed E-state index contributed by atoms with van der Waals surface area (Å²) < 4.78 is 16.0.